The van der Waals surface area contributed by atoms with Crippen LogP contribution in [0, 0.1) is 11.3 Å². The Balaban J connectivity index is 2.38. The summed E-state index contributed by atoms with van der Waals surface area (Å²) in [5, 5.41) is 20.3. The van der Waals surface area contributed by atoms with Gasteiger partial charge in [-0.25, -0.2) is 4.79 Å². The molecule has 6 heteroatoms. The van der Waals surface area contributed by atoms with Gasteiger partial charge in [-0.2, -0.15) is 5.26 Å². The Hall–Kier alpha value is -2.05. The monoisotopic (exact) mass is 231 g/mol. The van der Waals surface area contributed by atoms with Crippen molar-refractivity contribution in [3.05, 3.63) is 22.0 Å². The van der Waals surface area contributed by atoms with E-state index in [-0.39, 0.29) is 22.2 Å². The minimum absolute atomic E-state index is 0.112. The molecule has 4 rings (SSSR count). The number of benzene rings is 1. The number of phenolic OH excluding ortho intramolecular Hbond substituents is 1. The second kappa shape index (κ2) is 1.93. The molecule has 16 heavy (non-hydrogen) atoms. The maximum absolute atomic E-state index is 12.3. The van der Waals surface area contributed by atoms with Crippen LogP contribution in [0.3, 0.4) is 0 Å². The van der Waals surface area contributed by atoms with Gasteiger partial charge in [0.05, 0.1) is 10.6 Å². The van der Waals surface area contributed by atoms with Gasteiger partial charge in [0.15, 0.2) is 7.14 Å². The van der Waals surface area contributed by atoms with Crippen molar-refractivity contribution in [2.45, 2.75) is 0 Å². The molecule has 0 saturated carbocycles. The van der Waals surface area contributed by atoms with Crippen LogP contribution in [0.1, 0.15) is 5.56 Å². The SMILES string of the molecule is N#Cc1c2c3c4c(c(O)cc3oc1=O)P42=O. The van der Waals surface area contributed by atoms with Crippen LogP contribution in [0.25, 0.3) is 11.0 Å². The van der Waals surface area contributed by atoms with Crippen LogP contribution in [-0.4, -0.2) is 5.11 Å². The van der Waals surface area contributed by atoms with Crippen molar-refractivity contribution in [1.82, 2.24) is 0 Å². The van der Waals surface area contributed by atoms with Crippen LogP contribution in [0.2, 0.25) is 0 Å². The van der Waals surface area contributed by atoms with Crippen molar-refractivity contribution in [2.75, 3.05) is 0 Å². The normalized spacial score (nSPS) is 22.7. The van der Waals surface area contributed by atoms with Crippen molar-refractivity contribution in [2.24, 2.45) is 0 Å². The lowest BCUT2D eigenvalue weighted by atomic mass is 10.2. The Morgan fingerprint density at radius 2 is 2.12 bits per heavy atom. The molecule has 1 unspecified atom stereocenters. The van der Waals surface area contributed by atoms with Crippen LogP contribution in [-0.2, 0) is 4.57 Å². The second-order valence-electron chi connectivity index (χ2n) is 3.80. The Morgan fingerprint density at radius 1 is 1.38 bits per heavy atom. The third-order valence-electron chi connectivity index (χ3n) is 3.10. The standard InChI is InChI=1S/C10H2NO4P/c11-2-3-7-6-5(15-10(3)13)1-4(12)8-9(6)16(7,8)14/h1,12H. The highest BCUT2D eigenvalue weighted by atomic mass is 31.2. The number of aromatic hydroxyl groups is 1. The van der Waals surface area contributed by atoms with E-state index < -0.39 is 12.8 Å². The predicted octanol–water partition coefficient (Wildman–Crippen LogP) is -0.364. The van der Waals surface area contributed by atoms with Crippen molar-refractivity contribution in [3.63, 3.8) is 0 Å². The van der Waals surface area contributed by atoms with Gasteiger partial charge in [0, 0.05) is 16.8 Å². The van der Waals surface area contributed by atoms with Gasteiger partial charge in [-0.15, -0.1) is 0 Å². The third kappa shape index (κ3) is 0.531. The molecule has 76 valence electrons. The van der Waals surface area contributed by atoms with Gasteiger partial charge >= 0.3 is 5.63 Å². The molecule has 0 bridgehead atoms. The largest absolute Gasteiger partial charge is 0.507 e. The Labute approximate surface area is 87.9 Å². The highest BCUT2D eigenvalue weighted by Gasteiger charge is 2.63. The number of fused-ring (bicyclic) bond motifs is 2. The van der Waals surface area contributed by atoms with Crippen LogP contribution >= 0.6 is 7.14 Å². The lowest BCUT2D eigenvalue weighted by Gasteiger charge is -2.10. The molecule has 1 aromatic heterocycles. The number of hydrogen-bond donors (Lipinski definition) is 1. The fourth-order valence-electron chi connectivity index (χ4n) is 2.44. The van der Waals surface area contributed by atoms with Crippen molar-refractivity contribution >= 4 is 34.0 Å². The van der Waals surface area contributed by atoms with E-state index in [1.165, 1.54) is 6.07 Å². The summed E-state index contributed by atoms with van der Waals surface area (Å²) in [5.41, 5.74) is -0.772. The summed E-state index contributed by atoms with van der Waals surface area (Å²) in [5.74, 6) is -0.112. The lowest BCUT2D eigenvalue weighted by Crippen LogP contribution is -2.25. The van der Waals surface area contributed by atoms with E-state index in [1.807, 2.05) is 0 Å². The van der Waals surface area contributed by atoms with Crippen LogP contribution < -0.4 is 21.5 Å². The minimum Gasteiger partial charge on any atom is -0.507 e. The van der Waals surface area contributed by atoms with E-state index in [0.717, 1.165) is 0 Å². The van der Waals surface area contributed by atoms with Gasteiger partial charge in [0.2, 0.25) is 0 Å². The molecule has 2 aliphatic heterocycles. The number of rotatable bonds is 0. The molecule has 0 amide bonds. The maximum Gasteiger partial charge on any atom is 0.355 e. The molecular weight excluding hydrogens is 229 g/mol. The van der Waals surface area contributed by atoms with E-state index in [4.69, 9.17) is 9.68 Å². The first kappa shape index (κ1) is 8.14. The Kier molecular flexibility index (Phi) is 0.983. The molecule has 0 fully saturated rings. The first-order valence-electron chi connectivity index (χ1n) is 4.49. The molecule has 0 saturated heterocycles. The topological polar surface area (TPSA) is 91.3 Å². The summed E-state index contributed by atoms with van der Waals surface area (Å²) >= 11 is 0. The van der Waals surface area contributed by atoms with E-state index in [1.54, 1.807) is 6.07 Å². The molecule has 0 radical (unpaired) electrons. The zero-order chi connectivity index (χ0) is 11.2. The summed E-state index contributed by atoms with van der Waals surface area (Å²) in [6.45, 7) is 0. The highest BCUT2D eigenvalue weighted by molar-refractivity contribution is 7.99. The number of nitrogens with zero attached hydrogens (tertiary/aromatic N) is 1. The van der Waals surface area contributed by atoms with Crippen molar-refractivity contribution in [1.29, 1.82) is 5.26 Å². The average Bonchev–Trinajstić information content (AvgIpc) is 2.79. The quantitative estimate of drug-likeness (QED) is 0.329. The van der Waals surface area contributed by atoms with Crippen molar-refractivity contribution in [3.8, 4) is 11.8 Å². The van der Waals surface area contributed by atoms with Crippen LogP contribution in [0.4, 0.5) is 0 Å². The van der Waals surface area contributed by atoms with Crippen LogP contribution in [0.5, 0.6) is 5.75 Å². The van der Waals surface area contributed by atoms with Gasteiger partial charge in [0.1, 0.15) is 23.0 Å². The maximum atomic E-state index is 12.3. The third-order valence-corrected chi connectivity index (χ3v) is 6.12. The minimum atomic E-state index is -2.85. The summed E-state index contributed by atoms with van der Waals surface area (Å²) < 4.78 is 17.2. The molecule has 1 atom stereocenters. The average molecular weight is 231 g/mol. The molecule has 2 aromatic rings. The number of nitriles is 1. The van der Waals surface area contributed by atoms with Gasteiger partial charge < -0.3 is 14.1 Å². The van der Waals surface area contributed by atoms with Gasteiger partial charge in [-0.1, -0.05) is 0 Å². The molecule has 0 aliphatic carbocycles. The number of phenols is 1. The summed E-state index contributed by atoms with van der Waals surface area (Å²) in [6, 6.07) is 3.00. The van der Waals surface area contributed by atoms with Gasteiger partial charge in [-0.05, 0) is 0 Å². The van der Waals surface area contributed by atoms with E-state index in [0.29, 0.717) is 16.0 Å². The zero-order valence-electron chi connectivity index (χ0n) is 7.64. The van der Waals surface area contributed by atoms with E-state index >= 15 is 0 Å². The van der Waals surface area contributed by atoms with Gasteiger partial charge in [0.25, 0.3) is 0 Å². The fourth-order valence-corrected chi connectivity index (χ4v) is 5.59. The van der Waals surface area contributed by atoms with E-state index in [9.17, 15) is 14.5 Å². The summed E-state index contributed by atoms with van der Waals surface area (Å²) in [7, 11) is -2.85. The highest BCUT2D eigenvalue weighted by Crippen LogP contribution is 2.65. The first-order valence-corrected chi connectivity index (χ1v) is 6.20. The van der Waals surface area contributed by atoms with Gasteiger partial charge in [-0.3, -0.25) is 0 Å². The van der Waals surface area contributed by atoms with Crippen molar-refractivity contribution < 1.29 is 14.1 Å². The molecule has 5 nitrogen and oxygen atoms in total. The second-order valence-corrected chi connectivity index (χ2v) is 6.36. The molecule has 3 heterocycles. The summed E-state index contributed by atoms with van der Waals surface area (Å²) in [4.78, 5) is 11.4. The fraction of sp³-hybridized carbons (Fsp3) is 0. The van der Waals surface area contributed by atoms with E-state index in [2.05, 4.69) is 0 Å². The number of hydrogen-bond acceptors (Lipinski definition) is 5. The van der Waals surface area contributed by atoms with Crippen LogP contribution in [0.15, 0.2) is 15.3 Å². The predicted molar refractivity (Wildman–Crippen MR) is 55.4 cm³/mol. The smallest absolute Gasteiger partial charge is 0.355 e. The molecule has 1 aromatic carbocycles. The lowest BCUT2D eigenvalue weighted by molar-refractivity contribution is 0.478. The molecular formula is C10H2NO4P. The molecule has 2 aliphatic rings. The first-order chi connectivity index (χ1) is 7.60. The Morgan fingerprint density at radius 3 is 2.81 bits per heavy atom. The molecule has 1 N–H and O–H groups in total. The Bertz CT molecular complexity index is 871. The zero-order valence-corrected chi connectivity index (χ0v) is 8.54. The molecule has 0 spiro atoms. The summed E-state index contributed by atoms with van der Waals surface area (Å²) in [6.07, 6.45) is 0.